The topological polar surface area (TPSA) is 78.1 Å². The van der Waals surface area contributed by atoms with Gasteiger partial charge in [-0.2, -0.15) is 4.98 Å². The second-order valence-electron chi connectivity index (χ2n) is 1.49. The van der Waals surface area contributed by atoms with Gasteiger partial charge in [0.05, 0.1) is 0 Å². The van der Waals surface area contributed by atoms with E-state index in [-0.39, 0.29) is 6.01 Å². The second kappa shape index (κ2) is 1.40. The molecular formula is C4H7N3O. The minimum absolute atomic E-state index is 0.125. The first-order valence-electron chi connectivity index (χ1n) is 2.18. The summed E-state index contributed by atoms with van der Waals surface area (Å²) in [4.78, 5) is 3.60. The van der Waals surface area contributed by atoms with Crippen LogP contribution >= 0.6 is 0 Å². The first-order valence-corrected chi connectivity index (χ1v) is 2.18. The minimum Gasteiger partial charge on any atom is -0.427 e. The molecule has 4 heteroatoms. The molecule has 0 aliphatic heterocycles. The summed E-state index contributed by atoms with van der Waals surface area (Å²) in [6.07, 6.45) is 0. The van der Waals surface area contributed by atoms with E-state index in [1.165, 1.54) is 0 Å². The van der Waals surface area contributed by atoms with Crippen LogP contribution in [0.25, 0.3) is 0 Å². The maximum Gasteiger partial charge on any atom is 0.294 e. The summed E-state index contributed by atoms with van der Waals surface area (Å²) in [5.41, 5.74) is 10.4. The Hall–Kier alpha value is -1.19. The highest BCUT2D eigenvalue weighted by atomic mass is 16.4. The molecule has 1 aromatic rings. The Kier molecular flexibility index (Phi) is 0.865. The van der Waals surface area contributed by atoms with Crippen molar-refractivity contribution >= 4 is 11.8 Å². The summed E-state index contributed by atoms with van der Waals surface area (Å²) in [6.45, 7) is 1.71. The predicted octanol–water partition coefficient (Wildman–Crippen LogP) is 0.147. The van der Waals surface area contributed by atoms with Crippen LogP contribution in [0.3, 0.4) is 0 Å². The first-order chi connectivity index (χ1) is 3.70. The number of nitrogens with two attached hydrogens (primary N) is 2. The molecule has 1 aromatic heterocycles. The zero-order valence-electron chi connectivity index (χ0n) is 4.51. The normalized spacial score (nSPS) is 9.62. The summed E-state index contributed by atoms with van der Waals surface area (Å²) < 4.78 is 4.76. The maximum absolute atomic E-state index is 5.26. The number of anilines is 2. The van der Waals surface area contributed by atoms with Gasteiger partial charge in [-0.25, -0.2) is 0 Å². The molecule has 0 saturated carbocycles. The van der Waals surface area contributed by atoms with Crippen molar-refractivity contribution in [2.24, 2.45) is 0 Å². The van der Waals surface area contributed by atoms with Crippen molar-refractivity contribution in [2.75, 3.05) is 11.5 Å². The van der Waals surface area contributed by atoms with Crippen LogP contribution in [0.4, 0.5) is 11.8 Å². The molecule has 0 aromatic carbocycles. The van der Waals surface area contributed by atoms with Gasteiger partial charge in [0.25, 0.3) is 6.01 Å². The van der Waals surface area contributed by atoms with Crippen LogP contribution in [0.1, 0.15) is 5.76 Å². The van der Waals surface area contributed by atoms with Crippen molar-refractivity contribution in [1.82, 2.24) is 4.98 Å². The Morgan fingerprint density at radius 2 is 2.12 bits per heavy atom. The average Bonchev–Trinajstić information content (AvgIpc) is 1.85. The lowest BCUT2D eigenvalue weighted by Crippen LogP contribution is -1.87. The smallest absolute Gasteiger partial charge is 0.294 e. The summed E-state index contributed by atoms with van der Waals surface area (Å²) in [7, 11) is 0. The van der Waals surface area contributed by atoms with Gasteiger partial charge in [0, 0.05) is 0 Å². The van der Waals surface area contributed by atoms with E-state index in [2.05, 4.69) is 4.98 Å². The zero-order valence-corrected chi connectivity index (χ0v) is 4.51. The number of aryl methyl sites for hydroxylation is 1. The van der Waals surface area contributed by atoms with Gasteiger partial charge in [0.2, 0.25) is 0 Å². The Morgan fingerprint density at radius 1 is 1.50 bits per heavy atom. The molecule has 0 aliphatic rings. The fourth-order valence-corrected chi connectivity index (χ4v) is 0.429. The molecular weight excluding hydrogens is 106 g/mol. The number of nitrogen functional groups attached to an aromatic ring is 2. The first kappa shape index (κ1) is 4.96. The molecule has 0 atom stereocenters. The molecule has 1 rings (SSSR count). The standard InChI is InChI=1S/C4H7N3O/c1-2-3(5)7-4(6)8-2/h5H2,1H3,(H2,6,7). The minimum atomic E-state index is 0.125. The van der Waals surface area contributed by atoms with Crippen LogP contribution in [0, 0.1) is 6.92 Å². The lowest BCUT2D eigenvalue weighted by Gasteiger charge is -1.77. The van der Waals surface area contributed by atoms with Crippen molar-refractivity contribution in [2.45, 2.75) is 6.92 Å². The molecule has 0 radical (unpaired) electrons. The van der Waals surface area contributed by atoms with Crippen LogP contribution in [0.2, 0.25) is 0 Å². The van der Waals surface area contributed by atoms with Gasteiger partial charge in [0.1, 0.15) is 5.76 Å². The Labute approximate surface area is 46.5 Å². The van der Waals surface area contributed by atoms with Crippen LogP contribution in [-0.4, -0.2) is 4.98 Å². The summed E-state index contributed by atoms with van der Waals surface area (Å²) in [6, 6.07) is 0.125. The van der Waals surface area contributed by atoms with Gasteiger partial charge < -0.3 is 15.9 Å². The van der Waals surface area contributed by atoms with Gasteiger partial charge in [-0.1, -0.05) is 0 Å². The van der Waals surface area contributed by atoms with Crippen LogP contribution in [0.5, 0.6) is 0 Å². The Balaban J connectivity index is 3.14. The highest BCUT2D eigenvalue weighted by molar-refractivity contribution is 5.36. The summed E-state index contributed by atoms with van der Waals surface area (Å²) in [5, 5.41) is 0. The quantitative estimate of drug-likeness (QED) is 0.502. The van der Waals surface area contributed by atoms with Crippen LogP contribution in [-0.2, 0) is 0 Å². The largest absolute Gasteiger partial charge is 0.427 e. The van der Waals surface area contributed by atoms with E-state index < -0.39 is 0 Å². The number of hydrogen-bond acceptors (Lipinski definition) is 4. The van der Waals surface area contributed by atoms with E-state index >= 15 is 0 Å². The molecule has 1 heterocycles. The molecule has 0 aliphatic carbocycles. The van der Waals surface area contributed by atoms with Gasteiger partial charge >= 0.3 is 0 Å². The number of oxazole rings is 1. The molecule has 0 unspecified atom stereocenters. The van der Waals surface area contributed by atoms with Gasteiger partial charge in [-0.05, 0) is 6.92 Å². The molecule has 4 N–H and O–H groups in total. The zero-order chi connectivity index (χ0) is 6.15. The van der Waals surface area contributed by atoms with Crippen LogP contribution < -0.4 is 11.5 Å². The molecule has 0 fully saturated rings. The lowest BCUT2D eigenvalue weighted by atomic mass is 10.5. The molecule has 4 nitrogen and oxygen atoms in total. The SMILES string of the molecule is Cc1oc(N)nc1N. The third-order valence-electron chi connectivity index (χ3n) is 0.849. The molecule has 8 heavy (non-hydrogen) atoms. The van der Waals surface area contributed by atoms with Gasteiger partial charge in [-0.15, -0.1) is 0 Å². The highest BCUT2D eigenvalue weighted by Crippen LogP contribution is 2.11. The monoisotopic (exact) mass is 113 g/mol. The molecule has 44 valence electrons. The van der Waals surface area contributed by atoms with E-state index in [1.54, 1.807) is 6.92 Å². The molecule has 0 spiro atoms. The third kappa shape index (κ3) is 0.598. The Bertz CT molecular complexity index is 174. The highest BCUT2D eigenvalue weighted by Gasteiger charge is 1.99. The number of rotatable bonds is 0. The van der Waals surface area contributed by atoms with E-state index in [9.17, 15) is 0 Å². The van der Waals surface area contributed by atoms with Crippen molar-refractivity contribution in [3.63, 3.8) is 0 Å². The number of nitrogens with zero attached hydrogens (tertiary/aromatic N) is 1. The number of aromatic nitrogens is 1. The number of hydrogen-bond donors (Lipinski definition) is 2. The van der Waals surface area contributed by atoms with Crippen molar-refractivity contribution in [1.29, 1.82) is 0 Å². The van der Waals surface area contributed by atoms with E-state index in [4.69, 9.17) is 15.9 Å². The van der Waals surface area contributed by atoms with Crippen molar-refractivity contribution < 1.29 is 4.42 Å². The molecule has 0 saturated heterocycles. The maximum atomic E-state index is 5.26. The predicted molar refractivity (Wildman–Crippen MR) is 30.1 cm³/mol. The molecule has 0 bridgehead atoms. The van der Waals surface area contributed by atoms with E-state index in [0.717, 1.165) is 0 Å². The van der Waals surface area contributed by atoms with Crippen molar-refractivity contribution in [3.8, 4) is 0 Å². The van der Waals surface area contributed by atoms with Crippen molar-refractivity contribution in [3.05, 3.63) is 5.76 Å². The average molecular weight is 113 g/mol. The van der Waals surface area contributed by atoms with E-state index in [1.807, 2.05) is 0 Å². The van der Waals surface area contributed by atoms with E-state index in [0.29, 0.717) is 11.6 Å². The third-order valence-corrected chi connectivity index (χ3v) is 0.849. The molecule has 0 amide bonds. The van der Waals surface area contributed by atoms with Gasteiger partial charge in [0.15, 0.2) is 5.82 Å². The second-order valence-corrected chi connectivity index (χ2v) is 1.49. The fourth-order valence-electron chi connectivity index (χ4n) is 0.429. The lowest BCUT2D eigenvalue weighted by molar-refractivity contribution is 0.549. The summed E-state index contributed by atoms with van der Waals surface area (Å²) in [5.74, 6) is 0.935. The summed E-state index contributed by atoms with van der Waals surface area (Å²) >= 11 is 0. The van der Waals surface area contributed by atoms with Crippen LogP contribution in [0.15, 0.2) is 4.42 Å². The Morgan fingerprint density at radius 3 is 2.25 bits per heavy atom. The van der Waals surface area contributed by atoms with Gasteiger partial charge in [-0.3, -0.25) is 0 Å². The fraction of sp³-hybridized carbons (Fsp3) is 0.250.